The molecule has 0 fully saturated rings. The van der Waals surface area contributed by atoms with Crippen molar-refractivity contribution in [2.45, 2.75) is 39.3 Å². The molecule has 106 valence electrons. The van der Waals surface area contributed by atoms with Gasteiger partial charge in [-0.1, -0.05) is 38.1 Å². The Labute approximate surface area is 119 Å². The van der Waals surface area contributed by atoms with Crippen LogP contribution in [0.3, 0.4) is 0 Å². The Morgan fingerprint density at radius 1 is 1.15 bits per heavy atom. The molecule has 3 nitrogen and oxygen atoms in total. The van der Waals surface area contributed by atoms with Crippen LogP contribution in [0, 0.1) is 0 Å². The van der Waals surface area contributed by atoms with Gasteiger partial charge in [0.1, 0.15) is 11.5 Å². The van der Waals surface area contributed by atoms with Gasteiger partial charge in [0.15, 0.2) is 0 Å². The fourth-order valence-corrected chi connectivity index (χ4v) is 2.37. The molecule has 0 heterocycles. The zero-order chi connectivity index (χ0) is 14.7. The topological polar surface area (TPSA) is 49.3 Å². The molecule has 2 aromatic rings. The summed E-state index contributed by atoms with van der Waals surface area (Å²) >= 11 is 0. The van der Waals surface area contributed by atoms with Gasteiger partial charge in [-0.25, -0.2) is 0 Å². The predicted molar refractivity (Wildman–Crippen MR) is 82.1 cm³/mol. The van der Waals surface area contributed by atoms with Gasteiger partial charge >= 0.3 is 0 Å². The van der Waals surface area contributed by atoms with Crippen molar-refractivity contribution in [2.75, 3.05) is 0 Å². The van der Waals surface area contributed by atoms with Gasteiger partial charge in [-0.05, 0) is 41.8 Å². The number of fused-ring (bicyclic) bond motifs is 1. The van der Waals surface area contributed by atoms with Crippen molar-refractivity contribution < 1.29 is 9.90 Å². The van der Waals surface area contributed by atoms with E-state index in [2.05, 4.69) is 11.4 Å². The molecule has 2 rings (SSSR count). The molecule has 0 spiro atoms. The van der Waals surface area contributed by atoms with Gasteiger partial charge in [0.05, 0.1) is 6.04 Å². The van der Waals surface area contributed by atoms with Crippen LogP contribution < -0.4 is 5.32 Å². The van der Waals surface area contributed by atoms with Crippen LogP contribution in [0.25, 0.3) is 10.8 Å². The van der Waals surface area contributed by atoms with Gasteiger partial charge in [0.25, 0.3) is 0 Å². The van der Waals surface area contributed by atoms with E-state index in [4.69, 9.17) is 0 Å². The number of phenols is 1. The molecular formula is C17H21NO2. The number of benzene rings is 2. The molecule has 1 unspecified atom stereocenters. The van der Waals surface area contributed by atoms with E-state index in [-0.39, 0.29) is 23.6 Å². The second-order valence-corrected chi connectivity index (χ2v) is 5.55. The summed E-state index contributed by atoms with van der Waals surface area (Å²) < 4.78 is 0. The lowest BCUT2D eigenvalue weighted by atomic mass is 9.99. The molecule has 0 bridgehead atoms. The summed E-state index contributed by atoms with van der Waals surface area (Å²) in [5.41, 5.74) is 1.12. The fraction of sp³-hybridized carbons (Fsp3) is 0.353. The summed E-state index contributed by atoms with van der Waals surface area (Å²) in [5.74, 6) is 0.429. The fourth-order valence-electron chi connectivity index (χ4n) is 2.37. The van der Waals surface area contributed by atoms with Crippen molar-refractivity contribution in [1.29, 1.82) is 0 Å². The summed E-state index contributed by atoms with van der Waals surface area (Å²) in [5, 5.41) is 14.8. The number of carbonyl (C=O) groups excluding carboxylic acids is 1. The Hall–Kier alpha value is -1.87. The molecular weight excluding hydrogens is 250 g/mol. The van der Waals surface area contributed by atoms with Gasteiger partial charge in [-0.15, -0.1) is 0 Å². The highest BCUT2D eigenvalue weighted by molar-refractivity contribution is 5.85. The lowest BCUT2D eigenvalue weighted by Gasteiger charge is -2.19. The number of hydrogen-bond donors (Lipinski definition) is 2. The third-order valence-electron chi connectivity index (χ3n) is 3.35. The highest BCUT2D eigenvalue weighted by atomic mass is 16.3. The molecule has 20 heavy (non-hydrogen) atoms. The normalized spacial score (nSPS) is 12.8. The highest BCUT2D eigenvalue weighted by Crippen LogP contribution is 2.21. The maximum absolute atomic E-state index is 11.7. The first-order valence-corrected chi connectivity index (χ1v) is 6.94. The van der Waals surface area contributed by atoms with Crippen molar-refractivity contribution in [2.24, 2.45) is 0 Å². The van der Waals surface area contributed by atoms with E-state index in [1.54, 1.807) is 19.1 Å². The summed E-state index contributed by atoms with van der Waals surface area (Å²) in [6.45, 7) is 5.71. The molecule has 0 aromatic heterocycles. The Kier molecular flexibility index (Phi) is 4.40. The summed E-state index contributed by atoms with van der Waals surface area (Å²) in [4.78, 5) is 11.7. The number of hydrogen-bond acceptors (Lipinski definition) is 3. The van der Waals surface area contributed by atoms with E-state index in [0.717, 1.165) is 16.3 Å². The lowest BCUT2D eigenvalue weighted by molar-refractivity contribution is -0.119. The van der Waals surface area contributed by atoms with Crippen molar-refractivity contribution in [3.63, 3.8) is 0 Å². The van der Waals surface area contributed by atoms with Crippen LogP contribution in [0.4, 0.5) is 0 Å². The second-order valence-electron chi connectivity index (χ2n) is 5.55. The first kappa shape index (κ1) is 14.5. The van der Waals surface area contributed by atoms with Gasteiger partial charge in [-0.3, -0.25) is 4.79 Å². The van der Waals surface area contributed by atoms with Crippen LogP contribution in [0.15, 0.2) is 36.4 Å². The van der Waals surface area contributed by atoms with Gasteiger partial charge in [0.2, 0.25) is 0 Å². The average molecular weight is 271 g/mol. The van der Waals surface area contributed by atoms with E-state index in [1.165, 1.54) is 0 Å². The minimum absolute atomic E-state index is 0.149. The third kappa shape index (κ3) is 3.58. The number of Topliss-reactive ketones (excluding diaryl/α,β-unsaturated/α-hetero) is 1. The van der Waals surface area contributed by atoms with Crippen LogP contribution in [-0.2, 0) is 11.2 Å². The minimum Gasteiger partial charge on any atom is -0.508 e. The van der Waals surface area contributed by atoms with Gasteiger partial charge in [0, 0.05) is 6.04 Å². The number of ketones is 1. The van der Waals surface area contributed by atoms with Crippen LogP contribution in [0.2, 0.25) is 0 Å². The standard InChI is InChI=1S/C17H21NO2/c1-11(2)18-17(12(3)19)9-13-4-5-15-10-16(20)7-6-14(15)8-13/h4-8,10-11,17-18,20H,9H2,1-3H3. The van der Waals surface area contributed by atoms with Gasteiger partial charge in [-0.2, -0.15) is 0 Å². The zero-order valence-electron chi connectivity index (χ0n) is 12.2. The van der Waals surface area contributed by atoms with E-state index in [1.807, 2.05) is 32.0 Å². The van der Waals surface area contributed by atoms with Crippen LogP contribution in [-0.4, -0.2) is 23.0 Å². The Balaban J connectivity index is 2.24. The van der Waals surface area contributed by atoms with Crippen LogP contribution in [0.5, 0.6) is 5.75 Å². The molecule has 0 radical (unpaired) electrons. The quantitative estimate of drug-likeness (QED) is 0.878. The summed E-state index contributed by atoms with van der Waals surface area (Å²) in [6, 6.07) is 11.5. The molecule has 0 aliphatic carbocycles. The Morgan fingerprint density at radius 3 is 2.45 bits per heavy atom. The molecule has 0 saturated carbocycles. The first-order valence-electron chi connectivity index (χ1n) is 6.94. The van der Waals surface area contributed by atoms with Crippen molar-refractivity contribution >= 4 is 16.6 Å². The van der Waals surface area contributed by atoms with E-state index in [9.17, 15) is 9.90 Å². The van der Waals surface area contributed by atoms with Crippen LogP contribution >= 0.6 is 0 Å². The summed E-state index contributed by atoms with van der Waals surface area (Å²) in [6.07, 6.45) is 0.685. The molecule has 0 aliphatic rings. The van der Waals surface area contributed by atoms with Crippen LogP contribution in [0.1, 0.15) is 26.3 Å². The first-order chi connectivity index (χ1) is 9.45. The second kappa shape index (κ2) is 6.06. The Bertz CT molecular complexity index is 619. The largest absolute Gasteiger partial charge is 0.508 e. The van der Waals surface area contributed by atoms with E-state index >= 15 is 0 Å². The molecule has 0 aliphatic heterocycles. The van der Waals surface area contributed by atoms with Crippen molar-refractivity contribution in [3.05, 3.63) is 42.0 Å². The molecule has 1 atom stereocenters. The summed E-state index contributed by atoms with van der Waals surface area (Å²) in [7, 11) is 0. The molecule has 3 heteroatoms. The molecule has 0 saturated heterocycles. The van der Waals surface area contributed by atoms with Gasteiger partial charge < -0.3 is 10.4 Å². The van der Waals surface area contributed by atoms with Crippen molar-refractivity contribution in [3.8, 4) is 5.75 Å². The number of aromatic hydroxyl groups is 1. The maximum Gasteiger partial charge on any atom is 0.147 e. The molecule has 2 N–H and O–H groups in total. The number of carbonyl (C=O) groups is 1. The van der Waals surface area contributed by atoms with Crippen molar-refractivity contribution in [1.82, 2.24) is 5.32 Å². The number of rotatable bonds is 5. The molecule has 0 amide bonds. The number of nitrogens with one attached hydrogen (secondary N) is 1. The highest BCUT2D eigenvalue weighted by Gasteiger charge is 2.15. The smallest absolute Gasteiger partial charge is 0.147 e. The Morgan fingerprint density at radius 2 is 1.80 bits per heavy atom. The van der Waals surface area contributed by atoms with E-state index < -0.39 is 0 Å². The lowest BCUT2D eigenvalue weighted by Crippen LogP contribution is -2.41. The average Bonchev–Trinajstić information content (AvgIpc) is 2.37. The predicted octanol–water partition coefficient (Wildman–Crippen LogP) is 3.04. The zero-order valence-corrected chi connectivity index (χ0v) is 12.2. The molecule has 2 aromatic carbocycles. The minimum atomic E-state index is -0.149. The SMILES string of the molecule is CC(=O)C(Cc1ccc2cc(O)ccc2c1)NC(C)C. The number of phenolic OH excluding ortho intramolecular Hbond substituents is 1. The van der Waals surface area contributed by atoms with E-state index in [0.29, 0.717) is 6.42 Å². The third-order valence-corrected chi connectivity index (χ3v) is 3.35. The maximum atomic E-state index is 11.7. The monoisotopic (exact) mass is 271 g/mol.